The van der Waals surface area contributed by atoms with Crippen molar-refractivity contribution in [1.82, 2.24) is 0 Å². The number of hydrazone groups is 1. The van der Waals surface area contributed by atoms with Crippen LogP contribution < -0.4 is 10.7 Å². The number of rotatable bonds is 5. The average Bonchev–Trinajstić information content (AvgIpc) is 2.36. The van der Waals surface area contributed by atoms with Gasteiger partial charge in [0.15, 0.2) is 0 Å². The molecule has 0 saturated heterocycles. The summed E-state index contributed by atoms with van der Waals surface area (Å²) in [6.45, 7) is 1.97. The third kappa shape index (κ3) is 4.32. The first-order valence-corrected chi connectivity index (χ1v) is 5.49. The first-order valence-electron chi connectivity index (χ1n) is 5.11. The molecule has 0 aliphatic carbocycles. The number of nitrogens with one attached hydrogen (secondary N) is 2. The van der Waals surface area contributed by atoms with Crippen molar-refractivity contribution in [3.8, 4) is 0 Å². The number of benzene rings is 1. The lowest BCUT2D eigenvalue weighted by Crippen LogP contribution is -2.13. The van der Waals surface area contributed by atoms with Gasteiger partial charge < -0.3 is 10.1 Å². The number of halogens is 1. The topological polar surface area (TPSA) is 62.7 Å². The molecule has 1 rings (SSSR count). The molecule has 1 aromatic rings. The number of anilines is 2. The van der Waals surface area contributed by atoms with Gasteiger partial charge in [-0.2, -0.15) is 5.10 Å². The van der Waals surface area contributed by atoms with Crippen molar-refractivity contribution in [3.05, 3.63) is 24.3 Å². The highest BCUT2D eigenvalue weighted by atomic mass is 35.5. The zero-order valence-electron chi connectivity index (χ0n) is 9.66. The number of nitrogens with zero attached hydrogens (tertiary/aromatic N) is 1. The van der Waals surface area contributed by atoms with Crippen molar-refractivity contribution in [1.29, 1.82) is 0 Å². The monoisotopic (exact) mass is 255 g/mol. The molecule has 0 unspecified atom stereocenters. The molecule has 1 aromatic carbocycles. The molecule has 0 spiro atoms. The summed E-state index contributed by atoms with van der Waals surface area (Å²) in [6, 6.07) is 7.36. The minimum absolute atomic E-state index is 0.232. The summed E-state index contributed by atoms with van der Waals surface area (Å²) < 4.78 is 4.68. The Balaban J connectivity index is 2.59. The van der Waals surface area contributed by atoms with E-state index in [2.05, 4.69) is 20.6 Å². The van der Waals surface area contributed by atoms with Crippen LogP contribution >= 0.6 is 11.6 Å². The van der Waals surface area contributed by atoms with Crippen LogP contribution in [0.5, 0.6) is 0 Å². The third-order valence-electron chi connectivity index (χ3n) is 1.90. The van der Waals surface area contributed by atoms with Gasteiger partial charge in [0.1, 0.15) is 0 Å². The van der Waals surface area contributed by atoms with Gasteiger partial charge >= 0.3 is 5.97 Å². The number of hydrogen-bond donors (Lipinski definition) is 2. The van der Waals surface area contributed by atoms with Crippen LogP contribution in [0.3, 0.4) is 0 Å². The first kappa shape index (κ1) is 13.3. The van der Waals surface area contributed by atoms with Crippen LogP contribution in [0.25, 0.3) is 0 Å². The SMILES string of the molecule is CCOC(=O)/C(Cl)=N/Nc1ccc(NC)cc1. The molecule has 5 nitrogen and oxygen atoms in total. The molecular weight excluding hydrogens is 242 g/mol. The van der Waals surface area contributed by atoms with Gasteiger partial charge in [-0.05, 0) is 31.2 Å². The Morgan fingerprint density at radius 2 is 1.94 bits per heavy atom. The molecule has 0 bridgehead atoms. The van der Waals surface area contributed by atoms with Gasteiger partial charge in [0.05, 0.1) is 12.3 Å². The van der Waals surface area contributed by atoms with E-state index in [9.17, 15) is 4.79 Å². The van der Waals surface area contributed by atoms with Crippen LogP contribution in [-0.2, 0) is 9.53 Å². The molecule has 0 atom stereocenters. The highest BCUT2D eigenvalue weighted by Crippen LogP contribution is 2.12. The van der Waals surface area contributed by atoms with E-state index >= 15 is 0 Å². The van der Waals surface area contributed by atoms with Crippen LogP contribution in [0.2, 0.25) is 0 Å². The summed E-state index contributed by atoms with van der Waals surface area (Å²) >= 11 is 5.62. The van der Waals surface area contributed by atoms with E-state index in [1.165, 1.54) is 0 Å². The van der Waals surface area contributed by atoms with E-state index in [0.717, 1.165) is 11.4 Å². The number of hydrogen-bond acceptors (Lipinski definition) is 5. The number of esters is 1. The van der Waals surface area contributed by atoms with E-state index in [1.807, 2.05) is 31.3 Å². The molecule has 0 heterocycles. The minimum Gasteiger partial charge on any atom is -0.461 e. The van der Waals surface area contributed by atoms with Crippen molar-refractivity contribution in [3.63, 3.8) is 0 Å². The summed E-state index contributed by atoms with van der Waals surface area (Å²) in [5.74, 6) is -0.645. The second kappa shape index (κ2) is 6.75. The highest BCUT2D eigenvalue weighted by molar-refractivity contribution is 6.82. The van der Waals surface area contributed by atoms with Gasteiger partial charge in [0.25, 0.3) is 0 Å². The second-order valence-corrected chi connectivity index (χ2v) is 3.42. The van der Waals surface area contributed by atoms with Gasteiger partial charge in [-0.3, -0.25) is 5.43 Å². The van der Waals surface area contributed by atoms with E-state index in [0.29, 0.717) is 0 Å². The third-order valence-corrected chi connectivity index (χ3v) is 2.14. The molecule has 17 heavy (non-hydrogen) atoms. The predicted molar refractivity (Wildman–Crippen MR) is 69.5 cm³/mol. The van der Waals surface area contributed by atoms with Gasteiger partial charge in [-0.15, -0.1) is 0 Å². The Bertz CT molecular complexity index is 404. The minimum atomic E-state index is -0.645. The Kier molecular flexibility index (Phi) is 5.29. The molecular formula is C11H14ClN3O2. The van der Waals surface area contributed by atoms with Crippen molar-refractivity contribution < 1.29 is 9.53 Å². The fourth-order valence-electron chi connectivity index (χ4n) is 1.06. The Hall–Kier alpha value is -1.75. The lowest BCUT2D eigenvalue weighted by molar-refractivity contribution is -0.134. The zero-order chi connectivity index (χ0) is 12.7. The van der Waals surface area contributed by atoms with Gasteiger partial charge in [-0.1, -0.05) is 11.6 Å². The molecule has 0 aromatic heterocycles. The molecule has 0 radical (unpaired) electrons. The maximum atomic E-state index is 11.1. The normalized spacial score (nSPS) is 10.9. The van der Waals surface area contributed by atoms with Crippen LogP contribution in [0.15, 0.2) is 29.4 Å². The van der Waals surface area contributed by atoms with Crippen molar-refractivity contribution in [2.24, 2.45) is 5.10 Å². The zero-order valence-corrected chi connectivity index (χ0v) is 10.4. The van der Waals surface area contributed by atoms with Crippen LogP contribution in [-0.4, -0.2) is 24.8 Å². The fraction of sp³-hybridized carbons (Fsp3) is 0.273. The van der Waals surface area contributed by atoms with Gasteiger partial charge in [0, 0.05) is 12.7 Å². The van der Waals surface area contributed by atoms with Crippen molar-refractivity contribution >= 4 is 34.1 Å². The van der Waals surface area contributed by atoms with Crippen LogP contribution in [0.4, 0.5) is 11.4 Å². The Morgan fingerprint density at radius 3 is 2.47 bits per heavy atom. The largest absolute Gasteiger partial charge is 0.461 e. The maximum Gasteiger partial charge on any atom is 0.370 e. The second-order valence-electron chi connectivity index (χ2n) is 3.06. The summed E-state index contributed by atoms with van der Waals surface area (Å²) in [7, 11) is 1.83. The van der Waals surface area contributed by atoms with Crippen molar-refractivity contribution in [2.45, 2.75) is 6.92 Å². The molecule has 0 fully saturated rings. The molecule has 92 valence electrons. The van der Waals surface area contributed by atoms with E-state index < -0.39 is 5.97 Å². The smallest absolute Gasteiger partial charge is 0.370 e. The van der Waals surface area contributed by atoms with Crippen molar-refractivity contribution in [2.75, 3.05) is 24.4 Å². The maximum absolute atomic E-state index is 11.1. The molecule has 0 saturated carbocycles. The fourth-order valence-corrected chi connectivity index (χ4v) is 1.16. The number of carbonyl (C=O) groups excluding carboxylic acids is 1. The molecule has 6 heteroatoms. The van der Waals surface area contributed by atoms with E-state index in [4.69, 9.17) is 11.6 Å². The predicted octanol–water partition coefficient (Wildman–Crippen LogP) is 2.26. The quantitative estimate of drug-likeness (QED) is 0.481. The van der Waals surface area contributed by atoms with E-state index in [1.54, 1.807) is 6.92 Å². The lowest BCUT2D eigenvalue weighted by Gasteiger charge is -2.03. The number of ether oxygens (including phenoxy) is 1. The Morgan fingerprint density at radius 1 is 1.35 bits per heavy atom. The first-order chi connectivity index (χ1) is 8.17. The summed E-state index contributed by atoms with van der Waals surface area (Å²) in [6.07, 6.45) is 0. The molecule has 0 aliphatic heterocycles. The molecule has 0 aliphatic rings. The molecule has 2 N–H and O–H groups in total. The van der Waals surface area contributed by atoms with E-state index in [-0.39, 0.29) is 11.8 Å². The lowest BCUT2D eigenvalue weighted by atomic mass is 10.3. The van der Waals surface area contributed by atoms with Gasteiger partial charge in [0.2, 0.25) is 5.17 Å². The van der Waals surface area contributed by atoms with Crippen LogP contribution in [0, 0.1) is 0 Å². The summed E-state index contributed by atoms with van der Waals surface area (Å²) in [5, 5.41) is 6.46. The highest BCUT2D eigenvalue weighted by Gasteiger charge is 2.08. The van der Waals surface area contributed by atoms with Crippen LogP contribution in [0.1, 0.15) is 6.92 Å². The molecule has 0 amide bonds. The summed E-state index contributed by atoms with van der Waals surface area (Å²) in [4.78, 5) is 11.1. The van der Waals surface area contributed by atoms with Gasteiger partial charge in [-0.25, -0.2) is 4.79 Å². The average molecular weight is 256 g/mol. The summed E-state index contributed by atoms with van der Waals surface area (Å²) in [5.41, 5.74) is 4.37. The Labute approximate surface area is 105 Å². The number of carbonyl (C=O) groups is 1. The standard InChI is InChI=1S/C11H14ClN3O2/c1-3-17-11(16)10(12)15-14-9-6-4-8(13-2)5-7-9/h4-7,13-14H,3H2,1-2H3/b15-10-.